The zero-order valence-corrected chi connectivity index (χ0v) is 17.9. The highest BCUT2D eigenvalue weighted by molar-refractivity contribution is 6.05. The lowest BCUT2D eigenvalue weighted by molar-refractivity contribution is -0.149. The lowest BCUT2D eigenvalue weighted by atomic mass is 9.96. The summed E-state index contributed by atoms with van der Waals surface area (Å²) in [5.74, 6) is -1.04. The third-order valence-corrected chi connectivity index (χ3v) is 5.44. The average molecular weight is 416 g/mol. The van der Waals surface area contributed by atoms with Gasteiger partial charge in [-0.3, -0.25) is 23.9 Å². The number of pyridine rings is 1. The van der Waals surface area contributed by atoms with E-state index in [-0.39, 0.29) is 46.9 Å². The molecule has 0 unspecified atom stereocenters. The summed E-state index contributed by atoms with van der Waals surface area (Å²) in [5.41, 5.74) is -0.152. The second kappa shape index (κ2) is 8.81. The van der Waals surface area contributed by atoms with Gasteiger partial charge in [0.15, 0.2) is 5.65 Å². The molecular weight excluding hydrogens is 388 g/mol. The van der Waals surface area contributed by atoms with Crippen LogP contribution in [0.2, 0.25) is 0 Å². The number of aromatic amines is 1. The van der Waals surface area contributed by atoms with Crippen LogP contribution in [0.5, 0.6) is 0 Å². The lowest BCUT2D eigenvalue weighted by Gasteiger charge is -2.32. The maximum Gasteiger partial charge on any atom is 0.329 e. The van der Waals surface area contributed by atoms with Crippen molar-refractivity contribution in [2.75, 3.05) is 19.7 Å². The number of piperidine rings is 1. The number of carbonyl (C=O) groups is 2. The number of nitrogens with one attached hydrogen (secondary N) is 1. The molecule has 9 nitrogen and oxygen atoms in total. The Hall–Kier alpha value is -2.97. The average Bonchev–Trinajstić information content (AvgIpc) is 2.72. The van der Waals surface area contributed by atoms with Crippen molar-refractivity contribution in [2.24, 2.45) is 5.92 Å². The van der Waals surface area contributed by atoms with Gasteiger partial charge < -0.3 is 9.64 Å². The largest absolute Gasteiger partial charge is 0.466 e. The fraction of sp³-hybridized carbons (Fsp3) is 0.571. The number of hydrogen-bond donors (Lipinski definition) is 1. The Balaban J connectivity index is 2.12. The van der Waals surface area contributed by atoms with Crippen molar-refractivity contribution in [3.8, 4) is 0 Å². The summed E-state index contributed by atoms with van der Waals surface area (Å²) in [5, 5.41) is 0.101. The topological polar surface area (TPSA) is 114 Å². The minimum atomic E-state index is -0.634. The number of rotatable bonds is 5. The van der Waals surface area contributed by atoms with Crippen LogP contribution >= 0.6 is 0 Å². The Morgan fingerprint density at radius 1 is 1.30 bits per heavy atom. The van der Waals surface area contributed by atoms with Crippen molar-refractivity contribution in [3.63, 3.8) is 0 Å². The molecule has 0 aliphatic carbocycles. The molecule has 1 fully saturated rings. The number of carbonyl (C=O) groups excluding carboxylic acids is 2. The van der Waals surface area contributed by atoms with Gasteiger partial charge in [-0.15, -0.1) is 0 Å². The minimum Gasteiger partial charge on any atom is -0.466 e. The van der Waals surface area contributed by atoms with E-state index in [2.05, 4.69) is 9.97 Å². The smallest absolute Gasteiger partial charge is 0.329 e. The summed E-state index contributed by atoms with van der Waals surface area (Å²) in [6.45, 7) is 8.72. The Morgan fingerprint density at radius 2 is 2.03 bits per heavy atom. The number of aryl methyl sites for hydroxylation is 1. The number of fused-ring (bicyclic) bond motifs is 1. The molecule has 2 aromatic rings. The van der Waals surface area contributed by atoms with Crippen LogP contribution in [0.25, 0.3) is 11.0 Å². The predicted molar refractivity (Wildman–Crippen MR) is 112 cm³/mol. The molecule has 0 aromatic carbocycles. The van der Waals surface area contributed by atoms with Gasteiger partial charge in [-0.2, -0.15) is 0 Å². The summed E-state index contributed by atoms with van der Waals surface area (Å²) in [6.07, 6.45) is 1.33. The molecule has 3 rings (SSSR count). The molecule has 30 heavy (non-hydrogen) atoms. The van der Waals surface area contributed by atoms with Crippen molar-refractivity contribution in [2.45, 2.75) is 53.0 Å². The summed E-state index contributed by atoms with van der Waals surface area (Å²) in [4.78, 5) is 58.9. The number of hydrogen-bond acceptors (Lipinski definition) is 6. The normalized spacial score (nSPS) is 16.8. The molecule has 1 N–H and O–H groups in total. The van der Waals surface area contributed by atoms with E-state index in [1.165, 1.54) is 4.57 Å². The second-order valence-corrected chi connectivity index (χ2v) is 7.79. The number of aromatic nitrogens is 3. The molecule has 1 amide bonds. The molecule has 0 spiro atoms. The SMILES string of the molecule is CCOC(=O)[C@H]1CCCN(C(=O)c2cc(C(C)C)nc3c2c(=O)[nH]c(=O)n3CC)C1. The van der Waals surface area contributed by atoms with Crippen molar-refractivity contribution >= 4 is 22.9 Å². The molecule has 162 valence electrons. The zero-order valence-electron chi connectivity index (χ0n) is 17.9. The zero-order chi connectivity index (χ0) is 22.0. The van der Waals surface area contributed by atoms with Gasteiger partial charge in [0.25, 0.3) is 11.5 Å². The Morgan fingerprint density at radius 3 is 2.67 bits per heavy atom. The number of esters is 1. The Kier molecular flexibility index (Phi) is 6.38. The summed E-state index contributed by atoms with van der Waals surface area (Å²) in [6, 6.07) is 1.63. The molecule has 0 radical (unpaired) electrons. The van der Waals surface area contributed by atoms with Gasteiger partial charge >= 0.3 is 11.7 Å². The van der Waals surface area contributed by atoms with E-state index in [1.54, 1.807) is 24.8 Å². The highest BCUT2D eigenvalue weighted by atomic mass is 16.5. The first kappa shape index (κ1) is 21.7. The van der Waals surface area contributed by atoms with Gasteiger partial charge in [0.2, 0.25) is 0 Å². The van der Waals surface area contributed by atoms with Crippen LogP contribution in [-0.2, 0) is 16.1 Å². The summed E-state index contributed by atoms with van der Waals surface area (Å²) in [7, 11) is 0. The minimum absolute atomic E-state index is 0.00529. The molecular formula is C21H28N4O5. The lowest BCUT2D eigenvalue weighted by Crippen LogP contribution is -2.43. The van der Waals surface area contributed by atoms with Crippen molar-refractivity contribution in [1.82, 2.24) is 19.4 Å². The second-order valence-electron chi connectivity index (χ2n) is 7.79. The summed E-state index contributed by atoms with van der Waals surface area (Å²) < 4.78 is 6.48. The Labute approximate surface area is 174 Å². The molecule has 1 saturated heterocycles. The fourth-order valence-corrected chi connectivity index (χ4v) is 3.84. The van der Waals surface area contributed by atoms with E-state index in [1.807, 2.05) is 13.8 Å². The van der Waals surface area contributed by atoms with Crippen LogP contribution in [0.3, 0.4) is 0 Å². The molecule has 3 heterocycles. The number of nitrogens with zero attached hydrogens (tertiary/aromatic N) is 3. The third kappa shape index (κ3) is 4.01. The van der Waals surface area contributed by atoms with Gasteiger partial charge in [-0.25, -0.2) is 9.78 Å². The number of H-pyrrole nitrogens is 1. The van der Waals surface area contributed by atoms with E-state index in [0.29, 0.717) is 38.2 Å². The van der Waals surface area contributed by atoms with Gasteiger partial charge in [-0.05, 0) is 38.7 Å². The highest BCUT2D eigenvalue weighted by Crippen LogP contribution is 2.24. The van der Waals surface area contributed by atoms with Crippen molar-refractivity contribution in [1.29, 1.82) is 0 Å². The fourth-order valence-electron chi connectivity index (χ4n) is 3.84. The maximum atomic E-state index is 13.5. The van der Waals surface area contributed by atoms with Crippen LogP contribution in [0, 0.1) is 5.92 Å². The van der Waals surface area contributed by atoms with Gasteiger partial charge in [0.05, 0.1) is 23.5 Å². The maximum absolute atomic E-state index is 13.5. The molecule has 1 aliphatic heterocycles. The van der Waals surface area contributed by atoms with Crippen molar-refractivity contribution in [3.05, 3.63) is 38.2 Å². The van der Waals surface area contributed by atoms with Crippen LogP contribution in [0.15, 0.2) is 15.7 Å². The van der Waals surface area contributed by atoms with Crippen LogP contribution < -0.4 is 11.2 Å². The van der Waals surface area contributed by atoms with Gasteiger partial charge in [0.1, 0.15) is 0 Å². The predicted octanol–water partition coefficient (Wildman–Crippen LogP) is 1.64. The molecule has 1 atom stereocenters. The quantitative estimate of drug-likeness (QED) is 0.741. The van der Waals surface area contributed by atoms with Crippen LogP contribution in [0.4, 0.5) is 0 Å². The van der Waals surface area contributed by atoms with E-state index in [4.69, 9.17) is 4.74 Å². The van der Waals surface area contributed by atoms with E-state index >= 15 is 0 Å². The number of likely N-dealkylation sites (tertiary alicyclic amines) is 1. The Bertz CT molecular complexity index is 1090. The van der Waals surface area contributed by atoms with E-state index in [0.717, 1.165) is 0 Å². The van der Waals surface area contributed by atoms with E-state index < -0.39 is 11.2 Å². The number of amides is 1. The monoisotopic (exact) mass is 416 g/mol. The summed E-state index contributed by atoms with van der Waals surface area (Å²) >= 11 is 0. The first-order valence-corrected chi connectivity index (χ1v) is 10.4. The molecule has 0 saturated carbocycles. The molecule has 9 heteroatoms. The highest BCUT2D eigenvalue weighted by Gasteiger charge is 2.31. The number of ether oxygens (including phenoxy) is 1. The molecule has 2 aromatic heterocycles. The van der Waals surface area contributed by atoms with Crippen molar-refractivity contribution < 1.29 is 14.3 Å². The first-order valence-electron chi connectivity index (χ1n) is 10.4. The van der Waals surface area contributed by atoms with Crippen LogP contribution in [0.1, 0.15) is 62.5 Å². The third-order valence-electron chi connectivity index (χ3n) is 5.44. The first-order chi connectivity index (χ1) is 14.3. The molecule has 1 aliphatic rings. The molecule has 0 bridgehead atoms. The van der Waals surface area contributed by atoms with Crippen LogP contribution in [-0.4, -0.2) is 51.0 Å². The van der Waals surface area contributed by atoms with Gasteiger partial charge in [0, 0.05) is 25.3 Å². The standard InChI is InChI=1S/C21H28N4O5/c1-5-25-17-16(18(26)23-21(25)29)14(10-15(22-17)12(3)4)19(27)24-9-7-8-13(11-24)20(28)30-6-2/h10,12-13H,5-9,11H2,1-4H3,(H,23,26,29)/t13-/m0/s1. The van der Waals surface area contributed by atoms with E-state index in [9.17, 15) is 19.2 Å². The van der Waals surface area contributed by atoms with Gasteiger partial charge in [-0.1, -0.05) is 13.8 Å².